The van der Waals surface area contributed by atoms with E-state index in [1.807, 2.05) is 24.3 Å². The molecule has 0 amide bonds. The molecule has 7 nitrogen and oxygen atoms in total. The van der Waals surface area contributed by atoms with Gasteiger partial charge in [0.15, 0.2) is 0 Å². The molecule has 0 N–H and O–H groups in total. The smallest absolute Gasteiger partial charge is 0.338 e. The summed E-state index contributed by atoms with van der Waals surface area (Å²) in [6.45, 7) is 11.0. The van der Waals surface area contributed by atoms with Gasteiger partial charge in [0, 0.05) is 11.1 Å². The van der Waals surface area contributed by atoms with Crippen LogP contribution in [-0.2, 0) is 28.6 Å². The van der Waals surface area contributed by atoms with Crippen molar-refractivity contribution in [2.45, 2.75) is 46.0 Å². The lowest BCUT2D eigenvalue weighted by molar-refractivity contribution is -0.139. The molecule has 0 atom stereocenters. The zero-order valence-corrected chi connectivity index (χ0v) is 22.0. The molecule has 0 radical (unpaired) electrons. The van der Waals surface area contributed by atoms with Crippen molar-refractivity contribution in [1.29, 1.82) is 0 Å². The third kappa shape index (κ3) is 10.3. The fourth-order valence-electron chi connectivity index (χ4n) is 3.49. The number of hydrogen-bond acceptors (Lipinski definition) is 7. The van der Waals surface area contributed by atoms with Crippen LogP contribution in [0.5, 0.6) is 5.75 Å². The predicted octanol–water partition coefficient (Wildman–Crippen LogP) is 5.68. The van der Waals surface area contributed by atoms with Crippen LogP contribution in [0.4, 0.5) is 0 Å². The zero-order chi connectivity index (χ0) is 27.2. The first-order chi connectivity index (χ1) is 17.7. The molecule has 0 aromatic heterocycles. The summed E-state index contributed by atoms with van der Waals surface area (Å²) in [5.74, 6) is -0.539. The second-order valence-corrected chi connectivity index (χ2v) is 8.78. The van der Waals surface area contributed by atoms with Gasteiger partial charge in [-0.3, -0.25) is 0 Å². The van der Waals surface area contributed by atoms with Crippen LogP contribution >= 0.6 is 0 Å². The van der Waals surface area contributed by atoms with Crippen LogP contribution in [0.1, 0.15) is 51.5 Å². The number of ether oxygens (including phenoxy) is 4. The Morgan fingerprint density at radius 1 is 0.919 bits per heavy atom. The van der Waals surface area contributed by atoms with E-state index in [1.54, 1.807) is 33.1 Å². The van der Waals surface area contributed by atoms with E-state index < -0.39 is 17.9 Å². The molecule has 0 spiro atoms. The third-order valence-electron chi connectivity index (χ3n) is 5.52. The maximum Gasteiger partial charge on any atom is 0.338 e. The Morgan fingerprint density at radius 3 is 2.08 bits per heavy atom. The van der Waals surface area contributed by atoms with Gasteiger partial charge in [0.05, 0.1) is 25.9 Å². The highest BCUT2D eigenvalue weighted by Crippen LogP contribution is 2.24. The average molecular weight is 509 g/mol. The van der Waals surface area contributed by atoms with Gasteiger partial charge < -0.3 is 18.9 Å². The molecule has 0 saturated carbocycles. The summed E-state index contributed by atoms with van der Waals surface area (Å²) in [7, 11) is 1.59. The Labute approximate surface area is 219 Å². The van der Waals surface area contributed by atoms with Crippen molar-refractivity contribution in [3.05, 3.63) is 83.5 Å². The standard InChI is InChI=1S/C30H36O7/c1-21(2)28(31)35-17-7-10-23-9-6-12-27(25-13-15-26(34-5)16-14-25)30(33)37-20-24(19-23)11-8-18-36-29(32)22(3)4/h9,12-16,19H,1,3,6-8,10-11,17-18,20H2,2,4-5H3/b23-9-,24-19-,27-12-. The first-order valence-corrected chi connectivity index (χ1v) is 12.3. The number of carbonyl (C=O) groups excluding carboxylic acids is 3. The van der Waals surface area contributed by atoms with Crippen LogP contribution in [0.3, 0.4) is 0 Å². The maximum atomic E-state index is 12.9. The van der Waals surface area contributed by atoms with Gasteiger partial charge in [0.25, 0.3) is 0 Å². The molecular formula is C30H36O7. The molecule has 1 aromatic carbocycles. The summed E-state index contributed by atoms with van der Waals surface area (Å²) in [5, 5.41) is 0. The Morgan fingerprint density at radius 2 is 1.51 bits per heavy atom. The van der Waals surface area contributed by atoms with Crippen LogP contribution < -0.4 is 4.74 Å². The zero-order valence-electron chi connectivity index (χ0n) is 22.0. The van der Waals surface area contributed by atoms with Crippen molar-refractivity contribution in [2.75, 3.05) is 26.9 Å². The van der Waals surface area contributed by atoms with E-state index in [9.17, 15) is 14.4 Å². The van der Waals surface area contributed by atoms with Crippen LogP contribution in [0.25, 0.3) is 5.57 Å². The summed E-state index contributed by atoms with van der Waals surface area (Å²) in [6.07, 6.45) is 8.92. The van der Waals surface area contributed by atoms with Gasteiger partial charge in [-0.15, -0.1) is 0 Å². The number of carbonyl (C=O) groups is 3. The lowest BCUT2D eigenvalue weighted by atomic mass is 10.00. The number of allylic oxidation sites excluding steroid dienone is 4. The van der Waals surface area contributed by atoms with Crippen molar-refractivity contribution < 1.29 is 33.3 Å². The van der Waals surface area contributed by atoms with E-state index in [-0.39, 0.29) is 19.8 Å². The summed E-state index contributed by atoms with van der Waals surface area (Å²) in [4.78, 5) is 36.2. The minimum Gasteiger partial charge on any atom is -0.497 e. The highest BCUT2D eigenvalue weighted by Gasteiger charge is 2.16. The topological polar surface area (TPSA) is 88.1 Å². The molecule has 1 heterocycles. The first kappa shape index (κ1) is 29.4. The van der Waals surface area contributed by atoms with Crippen molar-refractivity contribution in [2.24, 2.45) is 0 Å². The molecule has 0 fully saturated rings. The molecule has 7 heteroatoms. The Balaban J connectivity index is 2.16. The van der Waals surface area contributed by atoms with Gasteiger partial charge in [-0.2, -0.15) is 0 Å². The van der Waals surface area contributed by atoms with Crippen LogP contribution in [0.2, 0.25) is 0 Å². The third-order valence-corrected chi connectivity index (χ3v) is 5.52. The summed E-state index contributed by atoms with van der Waals surface area (Å²) >= 11 is 0. The van der Waals surface area contributed by atoms with E-state index in [1.165, 1.54) is 0 Å². The van der Waals surface area contributed by atoms with Crippen LogP contribution in [-0.4, -0.2) is 44.8 Å². The molecule has 0 saturated heterocycles. The molecule has 1 aliphatic heterocycles. The average Bonchev–Trinajstić information content (AvgIpc) is 2.88. The van der Waals surface area contributed by atoms with E-state index >= 15 is 0 Å². The summed E-state index contributed by atoms with van der Waals surface area (Å²) in [5.41, 5.74) is 3.88. The molecule has 0 aliphatic carbocycles. The Hall–Kier alpha value is -3.87. The van der Waals surface area contributed by atoms with Crippen molar-refractivity contribution in [1.82, 2.24) is 0 Å². The Bertz CT molecular complexity index is 1090. The minimum atomic E-state index is -0.425. The molecule has 1 aliphatic rings. The molecule has 198 valence electrons. The van der Waals surface area contributed by atoms with Gasteiger partial charge >= 0.3 is 17.9 Å². The summed E-state index contributed by atoms with van der Waals surface area (Å²) < 4.78 is 21.3. The second kappa shape index (κ2) is 15.3. The molecule has 2 rings (SSSR count). The van der Waals surface area contributed by atoms with Crippen molar-refractivity contribution in [3.8, 4) is 5.75 Å². The highest BCUT2D eigenvalue weighted by molar-refractivity contribution is 6.16. The van der Waals surface area contributed by atoms with Gasteiger partial charge in [0.1, 0.15) is 12.4 Å². The lowest BCUT2D eigenvalue weighted by Crippen LogP contribution is -2.12. The molecule has 37 heavy (non-hydrogen) atoms. The van der Waals surface area contributed by atoms with Crippen molar-refractivity contribution >= 4 is 23.5 Å². The fourth-order valence-corrected chi connectivity index (χ4v) is 3.49. The maximum absolute atomic E-state index is 12.9. The van der Waals surface area contributed by atoms with Gasteiger partial charge in [-0.1, -0.05) is 49.1 Å². The largest absolute Gasteiger partial charge is 0.497 e. The van der Waals surface area contributed by atoms with Gasteiger partial charge in [-0.05, 0) is 69.2 Å². The SMILES string of the molecule is C=C(C)C(=O)OCCCC1=C/C/C=C(/c2ccc(OC)cc2)C(=O)OC/C(CCCOC(=O)C(=C)C)=C\1. The number of esters is 3. The molecule has 0 unspecified atom stereocenters. The monoisotopic (exact) mass is 508 g/mol. The number of methoxy groups -OCH3 is 1. The predicted molar refractivity (Wildman–Crippen MR) is 143 cm³/mol. The summed E-state index contributed by atoms with van der Waals surface area (Å²) in [6, 6.07) is 7.25. The van der Waals surface area contributed by atoms with Gasteiger partial charge in [0.2, 0.25) is 0 Å². The number of benzene rings is 1. The number of cyclic esters (lactones) is 1. The first-order valence-electron chi connectivity index (χ1n) is 12.3. The number of hydrogen-bond donors (Lipinski definition) is 0. The fraction of sp³-hybridized carbons (Fsp3) is 0.367. The van der Waals surface area contributed by atoms with Crippen molar-refractivity contribution in [3.63, 3.8) is 0 Å². The van der Waals surface area contributed by atoms with E-state index in [2.05, 4.69) is 19.2 Å². The molecule has 0 bridgehead atoms. The second-order valence-electron chi connectivity index (χ2n) is 8.78. The van der Waals surface area contributed by atoms with E-state index in [0.717, 1.165) is 16.7 Å². The Kier molecular flexibility index (Phi) is 12.1. The highest BCUT2D eigenvalue weighted by atomic mass is 16.5. The minimum absolute atomic E-state index is 0.114. The van der Waals surface area contributed by atoms with E-state index in [0.29, 0.717) is 54.6 Å². The normalized spacial score (nSPS) is 18.0. The van der Waals surface area contributed by atoms with E-state index in [4.69, 9.17) is 18.9 Å². The van der Waals surface area contributed by atoms with Crippen LogP contribution in [0.15, 0.2) is 77.9 Å². The lowest BCUT2D eigenvalue weighted by Gasteiger charge is -2.15. The molecule has 1 aromatic rings. The number of rotatable bonds is 12. The van der Waals surface area contributed by atoms with Gasteiger partial charge in [-0.25, -0.2) is 14.4 Å². The quantitative estimate of drug-likeness (QED) is 0.155. The molecular weight excluding hydrogens is 472 g/mol. The van der Waals surface area contributed by atoms with Crippen LogP contribution in [0, 0.1) is 0 Å².